The van der Waals surface area contributed by atoms with E-state index >= 15 is 0 Å². The van der Waals surface area contributed by atoms with E-state index in [4.69, 9.17) is 10.5 Å². The van der Waals surface area contributed by atoms with Crippen LogP contribution >= 0.6 is 0 Å². The summed E-state index contributed by atoms with van der Waals surface area (Å²) in [7, 11) is 0. The average molecular weight is 231 g/mol. The molecule has 0 saturated heterocycles. The molecule has 0 radical (unpaired) electrons. The van der Waals surface area contributed by atoms with E-state index < -0.39 is 0 Å². The summed E-state index contributed by atoms with van der Waals surface area (Å²) < 4.78 is 6.97. The SMILES string of the molecule is Nc1ccc(OCCn2cccnc2=O)cc1. The Bertz CT molecular complexity index is 534. The van der Waals surface area contributed by atoms with Crippen LogP contribution < -0.4 is 16.2 Å². The largest absolute Gasteiger partial charge is 0.492 e. The normalized spacial score (nSPS) is 10.1. The van der Waals surface area contributed by atoms with Crippen LogP contribution in [0.4, 0.5) is 5.69 Å². The predicted octanol–water partition coefficient (Wildman–Crippen LogP) is 0.904. The number of anilines is 1. The van der Waals surface area contributed by atoms with Gasteiger partial charge >= 0.3 is 5.69 Å². The van der Waals surface area contributed by atoms with Crippen molar-refractivity contribution in [3.63, 3.8) is 0 Å². The maximum atomic E-state index is 11.3. The number of ether oxygens (including phenoxy) is 1. The third-order valence-electron chi connectivity index (χ3n) is 2.26. The van der Waals surface area contributed by atoms with E-state index in [0.717, 1.165) is 5.75 Å². The predicted molar refractivity (Wildman–Crippen MR) is 64.8 cm³/mol. The van der Waals surface area contributed by atoms with Crippen LogP contribution in [0, 0.1) is 0 Å². The van der Waals surface area contributed by atoms with Crippen molar-refractivity contribution in [2.45, 2.75) is 6.54 Å². The second kappa shape index (κ2) is 5.16. The molecule has 17 heavy (non-hydrogen) atoms. The van der Waals surface area contributed by atoms with E-state index in [1.807, 2.05) is 0 Å². The van der Waals surface area contributed by atoms with Gasteiger partial charge in [-0.2, -0.15) is 0 Å². The number of nitrogens with zero attached hydrogens (tertiary/aromatic N) is 2. The summed E-state index contributed by atoms with van der Waals surface area (Å²) in [4.78, 5) is 14.9. The molecule has 0 spiro atoms. The van der Waals surface area contributed by atoms with Crippen molar-refractivity contribution in [3.05, 3.63) is 53.2 Å². The Kier molecular flexibility index (Phi) is 3.40. The summed E-state index contributed by atoms with van der Waals surface area (Å²) in [6.07, 6.45) is 3.15. The van der Waals surface area contributed by atoms with Gasteiger partial charge in [0.1, 0.15) is 12.4 Å². The molecule has 88 valence electrons. The van der Waals surface area contributed by atoms with Gasteiger partial charge in [-0.3, -0.25) is 4.57 Å². The molecule has 2 rings (SSSR count). The smallest absolute Gasteiger partial charge is 0.347 e. The van der Waals surface area contributed by atoms with Gasteiger partial charge in [-0.05, 0) is 30.3 Å². The molecule has 0 bridgehead atoms. The van der Waals surface area contributed by atoms with Gasteiger partial charge in [0.15, 0.2) is 0 Å². The lowest BCUT2D eigenvalue weighted by atomic mass is 10.3. The van der Waals surface area contributed by atoms with Gasteiger partial charge in [0.05, 0.1) is 6.54 Å². The van der Waals surface area contributed by atoms with Crippen molar-refractivity contribution in [1.29, 1.82) is 0 Å². The fraction of sp³-hybridized carbons (Fsp3) is 0.167. The molecule has 1 aromatic heterocycles. The Balaban J connectivity index is 1.90. The lowest BCUT2D eigenvalue weighted by Gasteiger charge is -2.07. The lowest BCUT2D eigenvalue weighted by molar-refractivity contribution is 0.295. The maximum Gasteiger partial charge on any atom is 0.347 e. The first-order chi connectivity index (χ1) is 8.25. The fourth-order valence-electron chi connectivity index (χ4n) is 1.38. The minimum atomic E-state index is -0.270. The van der Waals surface area contributed by atoms with Crippen LogP contribution in [0.5, 0.6) is 5.75 Å². The van der Waals surface area contributed by atoms with Gasteiger partial charge in [-0.15, -0.1) is 0 Å². The molecule has 5 nitrogen and oxygen atoms in total. The number of rotatable bonds is 4. The molecular weight excluding hydrogens is 218 g/mol. The molecule has 0 saturated carbocycles. The van der Waals surface area contributed by atoms with Crippen LogP contribution in [0.1, 0.15) is 0 Å². The molecule has 0 amide bonds. The molecular formula is C12H13N3O2. The zero-order valence-electron chi connectivity index (χ0n) is 9.24. The monoisotopic (exact) mass is 231 g/mol. The number of nitrogens with two attached hydrogens (primary N) is 1. The quantitative estimate of drug-likeness (QED) is 0.794. The zero-order chi connectivity index (χ0) is 12.1. The van der Waals surface area contributed by atoms with Crippen molar-refractivity contribution >= 4 is 5.69 Å². The van der Waals surface area contributed by atoms with Gasteiger partial charge in [0.25, 0.3) is 0 Å². The molecule has 2 aromatic rings. The van der Waals surface area contributed by atoms with Crippen molar-refractivity contribution in [1.82, 2.24) is 9.55 Å². The summed E-state index contributed by atoms with van der Waals surface area (Å²) in [5, 5.41) is 0. The first kappa shape index (κ1) is 11.2. The molecule has 0 unspecified atom stereocenters. The molecule has 0 atom stereocenters. The number of hydrogen-bond donors (Lipinski definition) is 1. The number of benzene rings is 1. The summed E-state index contributed by atoms with van der Waals surface area (Å²) in [5.74, 6) is 0.733. The highest BCUT2D eigenvalue weighted by atomic mass is 16.5. The molecule has 0 aliphatic rings. The first-order valence-electron chi connectivity index (χ1n) is 5.25. The highest BCUT2D eigenvalue weighted by Crippen LogP contribution is 2.12. The second-order valence-corrected chi connectivity index (χ2v) is 3.51. The zero-order valence-corrected chi connectivity index (χ0v) is 9.24. The average Bonchev–Trinajstić information content (AvgIpc) is 2.34. The van der Waals surface area contributed by atoms with E-state index in [1.54, 1.807) is 36.5 Å². The molecule has 0 aliphatic carbocycles. The minimum absolute atomic E-state index is 0.270. The third-order valence-corrected chi connectivity index (χ3v) is 2.26. The molecule has 0 fully saturated rings. The maximum absolute atomic E-state index is 11.3. The summed E-state index contributed by atoms with van der Waals surface area (Å²) >= 11 is 0. The second-order valence-electron chi connectivity index (χ2n) is 3.51. The summed E-state index contributed by atoms with van der Waals surface area (Å²) in [5.41, 5.74) is 5.98. The summed E-state index contributed by atoms with van der Waals surface area (Å²) in [6, 6.07) is 8.84. The van der Waals surface area contributed by atoms with Crippen molar-refractivity contribution in [3.8, 4) is 5.75 Å². The Morgan fingerprint density at radius 3 is 2.76 bits per heavy atom. The molecule has 1 heterocycles. The van der Waals surface area contributed by atoms with Gasteiger partial charge < -0.3 is 10.5 Å². The minimum Gasteiger partial charge on any atom is -0.492 e. The highest BCUT2D eigenvalue weighted by molar-refractivity contribution is 5.41. The van der Waals surface area contributed by atoms with Gasteiger partial charge in [-0.25, -0.2) is 9.78 Å². The topological polar surface area (TPSA) is 70.1 Å². The standard InChI is InChI=1S/C12H13N3O2/c13-10-2-4-11(5-3-10)17-9-8-15-7-1-6-14-12(15)16/h1-7H,8-9,13H2. The Labute approximate surface area is 98.5 Å². The van der Waals surface area contributed by atoms with Crippen LogP contribution in [0.15, 0.2) is 47.5 Å². The van der Waals surface area contributed by atoms with Crippen molar-refractivity contribution in [2.75, 3.05) is 12.3 Å². The van der Waals surface area contributed by atoms with Gasteiger partial charge in [0.2, 0.25) is 0 Å². The van der Waals surface area contributed by atoms with E-state index in [0.29, 0.717) is 18.8 Å². The Morgan fingerprint density at radius 2 is 2.06 bits per heavy atom. The Morgan fingerprint density at radius 1 is 1.29 bits per heavy atom. The molecule has 0 aliphatic heterocycles. The third kappa shape index (κ3) is 3.07. The molecule has 2 N–H and O–H groups in total. The van der Waals surface area contributed by atoms with Crippen LogP contribution in [-0.2, 0) is 6.54 Å². The number of aromatic nitrogens is 2. The number of hydrogen-bond acceptors (Lipinski definition) is 4. The van der Waals surface area contributed by atoms with E-state index in [1.165, 1.54) is 10.8 Å². The Hall–Kier alpha value is -2.30. The van der Waals surface area contributed by atoms with E-state index in [9.17, 15) is 4.79 Å². The van der Waals surface area contributed by atoms with Crippen LogP contribution in [0.2, 0.25) is 0 Å². The van der Waals surface area contributed by atoms with Gasteiger partial charge in [-0.1, -0.05) is 0 Å². The lowest BCUT2D eigenvalue weighted by Crippen LogP contribution is -2.24. The first-order valence-corrected chi connectivity index (χ1v) is 5.25. The summed E-state index contributed by atoms with van der Waals surface area (Å²) in [6.45, 7) is 0.882. The van der Waals surface area contributed by atoms with Crippen LogP contribution in [0.25, 0.3) is 0 Å². The fourth-order valence-corrected chi connectivity index (χ4v) is 1.38. The molecule has 5 heteroatoms. The highest BCUT2D eigenvalue weighted by Gasteiger charge is 1.96. The van der Waals surface area contributed by atoms with Gasteiger partial charge in [0, 0.05) is 18.1 Å². The van der Waals surface area contributed by atoms with E-state index in [-0.39, 0.29) is 5.69 Å². The van der Waals surface area contributed by atoms with E-state index in [2.05, 4.69) is 4.98 Å². The van der Waals surface area contributed by atoms with Crippen LogP contribution in [0.3, 0.4) is 0 Å². The number of nitrogen functional groups attached to an aromatic ring is 1. The molecule has 1 aromatic carbocycles. The van der Waals surface area contributed by atoms with Crippen molar-refractivity contribution in [2.24, 2.45) is 0 Å². The van der Waals surface area contributed by atoms with Crippen LogP contribution in [-0.4, -0.2) is 16.2 Å². The van der Waals surface area contributed by atoms with Crippen molar-refractivity contribution < 1.29 is 4.74 Å².